The number of esters is 2. The van der Waals surface area contributed by atoms with E-state index >= 15 is 0 Å². The zero-order valence-corrected chi connectivity index (χ0v) is 84.3. The molecule has 0 radical (unpaired) electrons. The third-order valence-electron chi connectivity index (χ3n) is 31.3. The molecule has 1 unspecified atom stereocenters. The second-order valence-corrected chi connectivity index (χ2v) is 41.6. The van der Waals surface area contributed by atoms with Gasteiger partial charge >= 0.3 is 11.9 Å². The monoisotopic (exact) mass is 1940 g/mol. The van der Waals surface area contributed by atoms with Crippen LogP contribution in [0.4, 0.5) is 0 Å². The van der Waals surface area contributed by atoms with E-state index in [1.54, 1.807) is 87.5 Å². The van der Waals surface area contributed by atoms with Gasteiger partial charge in [0.1, 0.15) is 89.2 Å². The fourth-order valence-electron chi connectivity index (χ4n) is 23.0. The number of fused-ring (bicyclic) bond motifs is 4. The number of methoxy groups -OCH3 is 4. The molecule has 35 nitrogen and oxygen atoms in total. The first kappa shape index (κ1) is 109. The van der Waals surface area contributed by atoms with E-state index in [1.165, 1.54) is 0 Å². The van der Waals surface area contributed by atoms with Crippen molar-refractivity contribution in [2.45, 2.75) is 408 Å². The van der Waals surface area contributed by atoms with Crippen LogP contribution in [0.15, 0.2) is 99.3 Å². The predicted octanol–water partition coefficient (Wildman–Crippen LogP) is 10.2. The maximum atomic E-state index is 14.4. The summed E-state index contributed by atoms with van der Waals surface area (Å²) in [7, 11) is 8.03. The van der Waals surface area contributed by atoms with Gasteiger partial charge in [0, 0.05) is 131 Å². The lowest BCUT2D eigenvalue weighted by atomic mass is 9.71. The Balaban J connectivity index is 0.000000202. The topological polar surface area (TPSA) is 429 Å². The van der Waals surface area contributed by atoms with Crippen LogP contribution in [0.3, 0.4) is 0 Å². The van der Waals surface area contributed by atoms with Crippen molar-refractivity contribution < 1.29 is 145 Å². The number of guanidine groups is 1. The van der Waals surface area contributed by atoms with E-state index in [9.17, 15) is 50.3 Å². The van der Waals surface area contributed by atoms with E-state index in [-0.39, 0.29) is 73.6 Å². The van der Waals surface area contributed by atoms with Crippen LogP contribution in [0.1, 0.15) is 214 Å². The number of aliphatic hydroxyl groups is 6. The van der Waals surface area contributed by atoms with Crippen LogP contribution in [-0.2, 0) is 109 Å². The second-order valence-electron chi connectivity index (χ2n) is 41.6. The lowest BCUT2D eigenvalue weighted by Crippen LogP contribution is -2.58. The van der Waals surface area contributed by atoms with Crippen molar-refractivity contribution >= 4 is 17.9 Å². The molecule has 2 spiro atoms. The number of ether oxygens (including phenoxy) is 21. The number of hydrogen-bond donors (Lipinski definition) is 8. The number of carbonyl (C=O) groups is 2. The summed E-state index contributed by atoms with van der Waals surface area (Å²) in [5.41, 5.74) is 0.372. The minimum absolute atomic E-state index is 0.00708. The molecule has 0 amide bonds. The number of hydrogen-bond acceptors (Lipinski definition) is 31. The number of hydrazone groups is 1. The van der Waals surface area contributed by atoms with Gasteiger partial charge in [0.05, 0.1) is 105 Å². The summed E-state index contributed by atoms with van der Waals surface area (Å²) in [4.78, 5) is 38.8. The van der Waals surface area contributed by atoms with E-state index in [0.29, 0.717) is 136 Å². The Morgan fingerprint density at radius 2 is 0.971 bits per heavy atom. The number of rotatable bonds is 18. The molecule has 137 heavy (non-hydrogen) atoms. The average molecular weight is 1940 g/mol. The molecule has 4 bridgehead atoms. The number of nitrogens with one attached hydrogen (secondary N) is 2. The quantitative estimate of drug-likeness (QED) is 0.0158. The van der Waals surface area contributed by atoms with Gasteiger partial charge in [-0.05, 0) is 145 Å². The van der Waals surface area contributed by atoms with Crippen LogP contribution in [-0.4, -0.2) is 316 Å². The van der Waals surface area contributed by atoms with Crippen LogP contribution in [0, 0.1) is 63.4 Å². The van der Waals surface area contributed by atoms with Crippen molar-refractivity contribution in [3.63, 3.8) is 0 Å². The molecule has 15 rings (SSSR count). The van der Waals surface area contributed by atoms with Crippen molar-refractivity contribution in [2.24, 2.45) is 58.4 Å². The summed E-state index contributed by atoms with van der Waals surface area (Å²) in [6, 6.07) is 0. The van der Waals surface area contributed by atoms with Gasteiger partial charge in [-0.25, -0.2) is 10.1 Å². The molecule has 0 aromatic rings. The lowest BCUT2D eigenvalue weighted by Gasteiger charge is -2.51. The fraction of sp³-hybridized carbons (Fsp3) is 0.814. The first-order chi connectivity index (χ1) is 65.2. The molecular weight excluding hydrogens is 1780 g/mol. The molecule has 35 heteroatoms. The summed E-state index contributed by atoms with van der Waals surface area (Å²) < 4.78 is 133. The van der Waals surface area contributed by atoms with E-state index in [2.05, 4.69) is 97.1 Å². The Labute approximate surface area is 808 Å². The lowest BCUT2D eigenvalue weighted by molar-refractivity contribution is -0.485. The van der Waals surface area contributed by atoms with Crippen molar-refractivity contribution in [1.29, 1.82) is 0 Å². The van der Waals surface area contributed by atoms with E-state index < -0.39 is 187 Å². The maximum absolute atomic E-state index is 14.4. The number of nitro groups is 1. The molecular formula is C102H160N4O31. The maximum Gasteiger partial charge on any atom is 0.316 e. The third-order valence-corrected chi connectivity index (χ3v) is 31.3. The van der Waals surface area contributed by atoms with Gasteiger partial charge in [-0.2, -0.15) is 0 Å². The molecule has 11 saturated heterocycles. The molecule has 13 heterocycles. The van der Waals surface area contributed by atoms with Crippen LogP contribution in [0.25, 0.3) is 0 Å². The molecule has 0 aromatic heterocycles. The molecule has 774 valence electrons. The summed E-state index contributed by atoms with van der Waals surface area (Å²) in [6.45, 7) is 34.6. The first-order valence-electron chi connectivity index (χ1n) is 50.2. The highest BCUT2D eigenvalue weighted by Crippen LogP contribution is 2.52. The van der Waals surface area contributed by atoms with Crippen LogP contribution >= 0.6 is 0 Å². The van der Waals surface area contributed by atoms with Crippen LogP contribution < -0.4 is 10.6 Å². The molecule has 15 aliphatic rings. The molecule has 13 aliphatic heterocycles. The Kier molecular flexibility index (Phi) is 37.8. The number of allylic oxidation sites excluding steroid dienone is 4. The molecule has 8 N–H and O–H groups in total. The summed E-state index contributed by atoms with van der Waals surface area (Å²) in [5.74, 6) is -3.65. The number of aliphatic hydroxyl groups excluding tert-OH is 4. The highest BCUT2D eigenvalue weighted by Gasteiger charge is 2.63. The van der Waals surface area contributed by atoms with E-state index in [1.807, 2.05) is 38.2 Å². The Morgan fingerprint density at radius 1 is 0.555 bits per heavy atom. The van der Waals surface area contributed by atoms with E-state index in [4.69, 9.17) is 99.5 Å². The third kappa shape index (κ3) is 25.2. The highest BCUT2D eigenvalue weighted by molar-refractivity contribution is 5.80. The van der Waals surface area contributed by atoms with Gasteiger partial charge in [0.15, 0.2) is 41.8 Å². The minimum Gasteiger partial charge on any atom is -0.462 e. The Hall–Kier alpha value is -5.47. The van der Waals surface area contributed by atoms with Gasteiger partial charge < -0.3 is 141 Å². The largest absolute Gasteiger partial charge is 0.462 e. The van der Waals surface area contributed by atoms with Crippen molar-refractivity contribution in [3.05, 3.63) is 104 Å². The zero-order valence-electron chi connectivity index (χ0n) is 84.3. The second kappa shape index (κ2) is 47.6. The van der Waals surface area contributed by atoms with Gasteiger partial charge in [-0.15, -0.1) is 0 Å². The first-order valence-corrected chi connectivity index (χ1v) is 50.2. The van der Waals surface area contributed by atoms with Gasteiger partial charge in [0.2, 0.25) is 0 Å². The van der Waals surface area contributed by atoms with Gasteiger partial charge in [-0.1, -0.05) is 123 Å². The Morgan fingerprint density at radius 3 is 1.37 bits per heavy atom. The van der Waals surface area contributed by atoms with Crippen LogP contribution in [0.5, 0.6) is 0 Å². The molecule has 0 saturated carbocycles. The smallest absolute Gasteiger partial charge is 0.316 e. The predicted molar refractivity (Wildman–Crippen MR) is 501 cm³/mol. The van der Waals surface area contributed by atoms with E-state index in [0.717, 1.165) is 43.4 Å². The molecule has 0 aromatic carbocycles. The van der Waals surface area contributed by atoms with Gasteiger partial charge in [-0.3, -0.25) is 9.59 Å². The summed E-state index contributed by atoms with van der Waals surface area (Å²) in [5, 5.41) is 86.4. The number of nitrogens with zero attached hydrogens (tertiary/aromatic N) is 2. The van der Waals surface area contributed by atoms with Crippen molar-refractivity contribution in [1.82, 2.24) is 10.6 Å². The normalized spacial score (nSPS) is 46.7. The van der Waals surface area contributed by atoms with Gasteiger partial charge in [0.25, 0.3) is 5.96 Å². The van der Waals surface area contributed by atoms with Crippen molar-refractivity contribution in [3.8, 4) is 0 Å². The molecule has 40 atom stereocenters. The summed E-state index contributed by atoms with van der Waals surface area (Å²) >= 11 is 0. The summed E-state index contributed by atoms with van der Waals surface area (Å²) in [6.07, 6.45) is 13.0. The molecule has 2 aliphatic carbocycles. The average Bonchev–Trinajstić information content (AvgIpc) is 1.60. The highest BCUT2D eigenvalue weighted by atomic mass is 16.8. The zero-order chi connectivity index (χ0) is 99.0. The standard InChI is InChI=1S/C48H74O14.C47H72O14.C7H14N4O3/c1-11-25(2)43-28(5)17-18-47(62-43)23-34-20-33(61-47)16-15-27(4)42(26(3)13-12-14-32-24-55-45-40(49)29(6)19-35(46(51)58-34)48(32,45)52)59-39-22-37(54-10)44(31(8)57-39)60-38-21-36(53-9)41(50)30(7)56-38;1-24(2)41-27(5)16-17-46(61-41)22-33-19-32(60-46)15-14-26(4)42(25(3)12-11-13-31-23-54-44-39(48)28(6)18-34(45(50)57-33)47(31,44)51)58-38-21-36(53-10)43(30(8)56-38)59-37-20-35(52-9)40(49)29(7)55-37;1-8-7(10-11(12)13)9-4-6-2-3-14-5-6/h12-15,19,25-26,28,30-31,33-45,49-50,52H,11,16-18,20-24H2,1-10H3;11-14,18,24-25,27,29-30,32-44,48-49,51H,15-17,19-23H2,1-10H3;6H,2-5H2,1H3,(H2,8,9,10)/b13-12+,27-15+,32-14+;12-11+,26-14+,31-13+;/t25-,26-,28-,30-,31-,33+,34-,35-,36-,37-,38-,39-,40+,41-,42-,43+,44-,45+,47+,48+;25-,27-,29-,30-,32+,33-,34-,35-,36-,37-,38-,39+,40-,41+,42-,43-,44+,46+,47+;/m00./s1. The number of carbonyl (C=O) groups excluding carboxylic acids is 2. The van der Waals surface area contributed by atoms with Crippen LogP contribution in [0.2, 0.25) is 0 Å². The molecule has 11 fully saturated rings. The minimum atomic E-state index is -1.82. The fourth-order valence-corrected chi connectivity index (χ4v) is 23.0. The SMILES string of the molecule is CC[C@H](C)[C@H]1O[C@]2(CC[C@@H]1C)C[C@@H]1C[C@@H](C/C=C(\C)[C@@H](O[C@H]3C[C@H](OC)[C@@H](O[C@H]4C[C@H](OC)[C@@H](O)[C@H](C)O4)[C@H](C)O3)[C@@H](C)/C=C/C=C3\CO[C@@H]4[C@H](O)C(C)=C[C@@H](C(=O)O1)[C@]34O)O2.CN/C(=N/[N+](=O)[O-])NCC1CCOC1.CO[C@H]1C[C@H](O[C@H]2[C@H](C)O[C@@H](O[C@@H]3/C(C)=C/C[C@@H]4C[C@@H](C[C@]5(CC[C@H](C)[C@@H](C(C)C)O5)O4)OC(=O)[C@@H]4C=C(C)[C@@H](O)[C@H]5OC/C(=C\C=C\[C@@H]3C)[C@]54O)C[C@@H]2OC)O[C@@H](C)[C@@H]1O. The van der Waals surface area contributed by atoms with Crippen molar-refractivity contribution in [2.75, 3.05) is 68.5 Å². The Bertz CT molecular complexity index is 4280.